The van der Waals surface area contributed by atoms with Crippen molar-refractivity contribution in [3.63, 3.8) is 0 Å². The summed E-state index contributed by atoms with van der Waals surface area (Å²) in [5.41, 5.74) is 6.34. The number of ether oxygens (including phenoxy) is 2. The monoisotopic (exact) mass is 532 g/mol. The largest absolute Gasteiger partial charge is 0.493 e. The summed E-state index contributed by atoms with van der Waals surface area (Å²) < 4.78 is 12.2. The second-order valence-electron chi connectivity index (χ2n) is 10.1. The summed E-state index contributed by atoms with van der Waals surface area (Å²) in [6.45, 7) is 6.96. The number of carboxylic acids is 1. The van der Waals surface area contributed by atoms with Crippen LogP contribution in [0.25, 0.3) is 21.5 Å². The van der Waals surface area contributed by atoms with Gasteiger partial charge in [0.05, 0.1) is 24.8 Å². The van der Waals surface area contributed by atoms with Crippen molar-refractivity contribution in [2.45, 2.75) is 71.6 Å². The third-order valence-electron chi connectivity index (χ3n) is 7.36. The molecule has 1 aliphatic carbocycles. The van der Waals surface area contributed by atoms with Gasteiger partial charge in [0.15, 0.2) is 0 Å². The Hall–Kier alpha value is -3.32. The number of aromatic nitrogens is 2. The summed E-state index contributed by atoms with van der Waals surface area (Å²) in [6.07, 6.45) is 7.61. The highest BCUT2D eigenvalue weighted by Crippen LogP contribution is 2.35. The van der Waals surface area contributed by atoms with E-state index in [0.29, 0.717) is 13.2 Å². The highest BCUT2D eigenvalue weighted by Gasteiger charge is 2.20. The highest BCUT2D eigenvalue weighted by atomic mass is 32.1. The topological polar surface area (TPSA) is 84.4 Å². The Kier molecular flexibility index (Phi) is 8.03. The van der Waals surface area contributed by atoms with Gasteiger partial charge in [-0.2, -0.15) is 0 Å². The number of carbonyl (C=O) groups is 1. The first-order valence-corrected chi connectivity index (χ1v) is 14.5. The van der Waals surface area contributed by atoms with E-state index in [0.717, 1.165) is 64.4 Å². The lowest BCUT2D eigenvalue weighted by Crippen LogP contribution is -2.08. The van der Waals surface area contributed by atoms with Crippen LogP contribution in [0.15, 0.2) is 36.4 Å². The van der Waals surface area contributed by atoms with Crippen LogP contribution in [0.1, 0.15) is 72.8 Å². The lowest BCUT2D eigenvalue weighted by atomic mass is 10.0. The molecule has 7 heteroatoms. The van der Waals surface area contributed by atoms with Crippen molar-refractivity contribution in [1.29, 1.82) is 0 Å². The molecule has 0 bridgehead atoms. The van der Waals surface area contributed by atoms with Crippen LogP contribution in [0.2, 0.25) is 0 Å². The van der Waals surface area contributed by atoms with Crippen LogP contribution in [-0.4, -0.2) is 34.3 Å². The first-order chi connectivity index (χ1) is 18.4. The average Bonchev–Trinajstić information content (AvgIpc) is 3.50. The number of H-pyrrole nitrogens is 1. The molecule has 2 N–H and O–H groups in total. The molecule has 0 aliphatic heterocycles. The molecule has 200 valence electrons. The minimum absolute atomic E-state index is 0.541. The van der Waals surface area contributed by atoms with Gasteiger partial charge in [-0.25, -0.2) is 4.98 Å². The van der Waals surface area contributed by atoms with Gasteiger partial charge in [0.2, 0.25) is 0 Å². The van der Waals surface area contributed by atoms with Crippen molar-refractivity contribution in [2.24, 2.45) is 0 Å². The second-order valence-corrected chi connectivity index (χ2v) is 11.2. The number of hydrogen-bond acceptors (Lipinski definition) is 5. The first kappa shape index (κ1) is 26.3. The fourth-order valence-electron chi connectivity index (χ4n) is 5.20. The predicted molar refractivity (Wildman–Crippen MR) is 153 cm³/mol. The Morgan fingerprint density at radius 1 is 1.13 bits per heavy atom. The van der Waals surface area contributed by atoms with Crippen LogP contribution >= 0.6 is 11.3 Å². The Morgan fingerprint density at radius 2 is 1.95 bits per heavy atom. The predicted octanol–water partition coefficient (Wildman–Crippen LogP) is 7.47. The maximum Gasteiger partial charge on any atom is 0.312 e. The highest BCUT2D eigenvalue weighted by molar-refractivity contribution is 7.15. The molecule has 0 amide bonds. The van der Waals surface area contributed by atoms with Crippen LogP contribution in [0, 0.1) is 6.92 Å². The molecule has 0 saturated carbocycles. The van der Waals surface area contributed by atoms with Gasteiger partial charge < -0.3 is 19.6 Å². The number of fused-ring (bicyclic) bond motifs is 2. The molecular formula is C31H36N2O4S. The lowest BCUT2D eigenvalue weighted by molar-refractivity contribution is -0.138. The van der Waals surface area contributed by atoms with Gasteiger partial charge in [-0.3, -0.25) is 4.79 Å². The fraction of sp³-hybridized carbons (Fsp3) is 0.419. The van der Waals surface area contributed by atoms with E-state index in [1.165, 1.54) is 41.0 Å². The molecule has 5 rings (SSSR count). The third kappa shape index (κ3) is 5.58. The number of rotatable bonds is 11. The van der Waals surface area contributed by atoms with Crippen LogP contribution in [-0.2, 0) is 24.1 Å². The van der Waals surface area contributed by atoms with Crippen molar-refractivity contribution in [3.05, 3.63) is 63.8 Å². The van der Waals surface area contributed by atoms with Crippen LogP contribution < -0.4 is 9.47 Å². The Balaban J connectivity index is 1.18. The van der Waals surface area contributed by atoms with E-state index in [1.807, 2.05) is 36.5 Å². The number of aromatic amines is 1. The van der Waals surface area contributed by atoms with E-state index in [4.69, 9.17) is 14.5 Å². The van der Waals surface area contributed by atoms with Gasteiger partial charge in [0, 0.05) is 33.5 Å². The number of hydrogen-bond donors (Lipinski definition) is 2. The molecule has 0 fully saturated rings. The number of nitrogens with zero attached hydrogens (tertiary/aromatic N) is 1. The van der Waals surface area contributed by atoms with Crippen LogP contribution in [0.5, 0.6) is 11.5 Å². The summed E-state index contributed by atoms with van der Waals surface area (Å²) >= 11 is 1.85. The van der Waals surface area contributed by atoms with Gasteiger partial charge in [0.1, 0.15) is 16.5 Å². The Labute approximate surface area is 228 Å². The molecule has 6 nitrogen and oxygen atoms in total. The summed E-state index contributed by atoms with van der Waals surface area (Å²) in [5.74, 6) is 0.301. The van der Waals surface area contributed by atoms with Gasteiger partial charge >= 0.3 is 5.97 Å². The maximum atomic E-state index is 11.4. The van der Waals surface area contributed by atoms with Crippen molar-refractivity contribution < 1.29 is 19.4 Å². The van der Waals surface area contributed by atoms with Crippen molar-refractivity contribution in [1.82, 2.24) is 9.97 Å². The number of aliphatic carboxylic acids is 1. The van der Waals surface area contributed by atoms with Gasteiger partial charge in [0.25, 0.3) is 0 Å². The quantitative estimate of drug-likeness (QED) is 0.196. The first-order valence-electron chi connectivity index (χ1n) is 13.7. The summed E-state index contributed by atoms with van der Waals surface area (Å²) in [7, 11) is 0. The molecule has 4 aromatic rings. The zero-order chi connectivity index (χ0) is 26.6. The summed E-state index contributed by atoms with van der Waals surface area (Å²) in [6, 6.07) is 12.3. The molecule has 2 heterocycles. The summed E-state index contributed by atoms with van der Waals surface area (Å²) in [5, 5.41) is 11.5. The smallest absolute Gasteiger partial charge is 0.312 e. The normalized spacial score (nSPS) is 13.9. The van der Waals surface area contributed by atoms with Gasteiger partial charge in [-0.05, 0) is 93.5 Å². The number of carboxylic acid groups (broad SMARTS) is 1. The number of aryl methyl sites for hydroxylation is 4. The Bertz CT molecular complexity index is 1410. The number of benzene rings is 2. The lowest BCUT2D eigenvalue weighted by Gasteiger charge is -2.13. The van der Waals surface area contributed by atoms with Gasteiger partial charge in [-0.1, -0.05) is 13.3 Å². The molecule has 0 saturated heterocycles. The zero-order valence-electron chi connectivity index (χ0n) is 22.4. The molecule has 0 spiro atoms. The molecular weight excluding hydrogens is 496 g/mol. The van der Waals surface area contributed by atoms with Crippen LogP contribution in [0.3, 0.4) is 0 Å². The molecule has 38 heavy (non-hydrogen) atoms. The van der Waals surface area contributed by atoms with E-state index < -0.39 is 11.9 Å². The van der Waals surface area contributed by atoms with E-state index in [2.05, 4.69) is 30.1 Å². The molecule has 1 atom stereocenters. The fourth-order valence-corrected chi connectivity index (χ4v) is 6.34. The van der Waals surface area contributed by atoms with E-state index in [-0.39, 0.29) is 0 Å². The molecule has 2 aromatic heterocycles. The van der Waals surface area contributed by atoms with Gasteiger partial charge in [-0.15, -0.1) is 11.3 Å². The average molecular weight is 533 g/mol. The second kappa shape index (κ2) is 11.6. The molecule has 1 aliphatic rings. The van der Waals surface area contributed by atoms with Crippen molar-refractivity contribution in [3.8, 4) is 22.1 Å². The zero-order valence-corrected chi connectivity index (χ0v) is 23.2. The van der Waals surface area contributed by atoms with Crippen LogP contribution in [0.4, 0.5) is 0 Å². The molecule has 2 aromatic carbocycles. The van der Waals surface area contributed by atoms with Crippen molar-refractivity contribution in [2.75, 3.05) is 13.2 Å². The SMILES string of the molecule is CCCc1cc(-c2nc3c(s2)CCCC3)ccc1OCCCOc1ccc2[nH]c(C(C)C(=O)O)c(C)c2c1. The molecule has 0 radical (unpaired) electrons. The minimum atomic E-state index is -0.838. The van der Waals surface area contributed by atoms with E-state index in [1.54, 1.807) is 6.92 Å². The maximum absolute atomic E-state index is 11.4. The molecule has 1 unspecified atom stereocenters. The number of thiazole rings is 1. The Morgan fingerprint density at radius 3 is 2.74 bits per heavy atom. The standard InChI is InChI=1S/C31H36N2O4S/c1-4-8-21-17-22(30-33-26-9-5-6-10-28(26)38-30)11-14-27(21)37-16-7-15-36-23-12-13-25-24(18-23)19(2)29(32-25)20(3)31(34)35/h11-14,17-18,20,32H,4-10,15-16H2,1-3H3,(H,34,35). The van der Waals surface area contributed by atoms with E-state index in [9.17, 15) is 9.90 Å². The van der Waals surface area contributed by atoms with E-state index >= 15 is 0 Å². The minimum Gasteiger partial charge on any atom is -0.493 e. The van der Waals surface area contributed by atoms with Crippen molar-refractivity contribution >= 4 is 28.2 Å². The summed E-state index contributed by atoms with van der Waals surface area (Å²) in [4.78, 5) is 21.1. The third-order valence-corrected chi connectivity index (χ3v) is 8.57. The number of nitrogens with one attached hydrogen (secondary N) is 1.